The smallest absolute Gasteiger partial charge is 0.133 e. The Balaban J connectivity index is 2.32. The number of aromatic nitrogens is 2. The zero-order chi connectivity index (χ0) is 13.2. The lowest BCUT2D eigenvalue weighted by molar-refractivity contribution is 0.134. The Morgan fingerprint density at radius 2 is 2.06 bits per heavy atom. The van der Waals surface area contributed by atoms with Crippen molar-refractivity contribution in [1.82, 2.24) is 9.97 Å². The zero-order valence-electron chi connectivity index (χ0n) is 11.4. The summed E-state index contributed by atoms with van der Waals surface area (Å²) in [7, 11) is 0. The lowest BCUT2D eigenvalue weighted by Crippen LogP contribution is -2.09. The van der Waals surface area contributed by atoms with Crippen molar-refractivity contribution in [3.8, 4) is 0 Å². The molecule has 0 aliphatic rings. The predicted octanol–water partition coefficient (Wildman–Crippen LogP) is 2.24. The summed E-state index contributed by atoms with van der Waals surface area (Å²) in [5, 5.41) is 3.25. The quantitative estimate of drug-likeness (QED) is 0.659. The van der Waals surface area contributed by atoms with E-state index in [1.54, 1.807) is 6.07 Å². The van der Waals surface area contributed by atoms with Crippen LogP contribution < -0.4 is 11.1 Å². The summed E-state index contributed by atoms with van der Waals surface area (Å²) in [6.45, 7) is 6.66. The molecule has 0 amide bonds. The molecular formula is C13H24N4O. The lowest BCUT2D eigenvalue weighted by atomic mass is 10.3. The van der Waals surface area contributed by atoms with Gasteiger partial charge < -0.3 is 15.8 Å². The van der Waals surface area contributed by atoms with Crippen molar-refractivity contribution in [3.05, 3.63) is 11.9 Å². The van der Waals surface area contributed by atoms with Crippen molar-refractivity contribution in [3.63, 3.8) is 0 Å². The highest BCUT2D eigenvalue weighted by molar-refractivity contribution is 5.44. The van der Waals surface area contributed by atoms with Gasteiger partial charge >= 0.3 is 0 Å². The number of nitrogens with two attached hydrogens (primary N) is 1. The monoisotopic (exact) mass is 252 g/mol. The van der Waals surface area contributed by atoms with Crippen LogP contribution in [0.25, 0.3) is 0 Å². The van der Waals surface area contributed by atoms with Gasteiger partial charge in [0.25, 0.3) is 0 Å². The van der Waals surface area contributed by atoms with Crippen LogP contribution in [0.5, 0.6) is 0 Å². The molecule has 102 valence electrons. The Morgan fingerprint density at radius 1 is 1.22 bits per heavy atom. The molecule has 18 heavy (non-hydrogen) atoms. The maximum atomic E-state index is 5.74. The second-order valence-electron chi connectivity index (χ2n) is 4.24. The van der Waals surface area contributed by atoms with Crippen LogP contribution in [0.2, 0.25) is 0 Å². The molecule has 0 unspecified atom stereocenters. The maximum absolute atomic E-state index is 5.74. The summed E-state index contributed by atoms with van der Waals surface area (Å²) in [6, 6.07) is 1.77. The largest absolute Gasteiger partial charge is 0.384 e. The Bertz CT molecular complexity index is 344. The van der Waals surface area contributed by atoms with Crippen molar-refractivity contribution < 1.29 is 4.74 Å². The Labute approximate surface area is 109 Å². The van der Waals surface area contributed by atoms with Crippen LogP contribution in [-0.4, -0.2) is 29.7 Å². The van der Waals surface area contributed by atoms with E-state index in [1.807, 2.05) is 0 Å². The van der Waals surface area contributed by atoms with E-state index in [4.69, 9.17) is 10.5 Å². The SMILES string of the molecule is CCCOCCCNc1cc(N)nc(CCC)n1. The van der Waals surface area contributed by atoms with Gasteiger partial charge in [0.05, 0.1) is 0 Å². The summed E-state index contributed by atoms with van der Waals surface area (Å²) < 4.78 is 5.41. The van der Waals surface area contributed by atoms with Crippen LogP contribution in [0.15, 0.2) is 6.07 Å². The fourth-order valence-electron chi connectivity index (χ4n) is 1.58. The molecule has 0 saturated carbocycles. The number of nitrogen functional groups attached to an aromatic ring is 1. The molecule has 1 rings (SSSR count). The van der Waals surface area contributed by atoms with Crippen LogP contribution in [0, 0.1) is 0 Å². The topological polar surface area (TPSA) is 73.1 Å². The minimum absolute atomic E-state index is 0.526. The van der Waals surface area contributed by atoms with E-state index in [2.05, 4.69) is 29.1 Å². The van der Waals surface area contributed by atoms with Crippen molar-refractivity contribution in [2.75, 3.05) is 30.8 Å². The molecule has 0 aliphatic carbocycles. The Kier molecular flexibility index (Phi) is 7.10. The van der Waals surface area contributed by atoms with Gasteiger partial charge in [-0.1, -0.05) is 13.8 Å². The maximum Gasteiger partial charge on any atom is 0.133 e. The van der Waals surface area contributed by atoms with Gasteiger partial charge in [0.15, 0.2) is 0 Å². The minimum atomic E-state index is 0.526. The van der Waals surface area contributed by atoms with Crippen LogP contribution >= 0.6 is 0 Å². The molecule has 0 saturated heterocycles. The van der Waals surface area contributed by atoms with Crippen molar-refractivity contribution in [1.29, 1.82) is 0 Å². The summed E-state index contributed by atoms with van der Waals surface area (Å²) >= 11 is 0. The van der Waals surface area contributed by atoms with Gasteiger partial charge in [-0.15, -0.1) is 0 Å². The first-order valence-electron chi connectivity index (χ1n) is 6.71. The normalized spacial score (nSPS) is 10.6. The fourth-order valence-corrected chi connectivity index (χ4v) is 1.58. The van der Waals surface area contributed by atoms with Crippen LogP contribution in [-0.2, 0) is 11.2 Å². The van der Waals surface area contributed by atoms with Crippen LogP contribution in [0.4, 0.5) is 11.6 Å². The van der Waals surface area contributed by atoms with Crippen molar-refractivity contribution in [2.45, 2.75) is 39.5 Å². The molecule has 0 spiro atoms. The average molecular weight is 252 g/mol. The predicted molar refractivity (Wildman–Crippen MR) is 74.7 cm³/mol. The molecule has 0 aliphatic heterocycles. The van der Waals surface area contributed by atoms with Crippen LogP contribution in [0.1, 0.15) is 38.9 Å². The first-order valence-corrected chi connectivity index (χ1v) is 6.71. The van der Waals surface area contributed by atoms with E-state index in [-0.39, 0.29) is 0 Å². The van der Waals surface area contributed by atoms with E-state index >= 15 is 0 Å². The van der Waals surface area contributed by atoms with Gasteiger partial charge in [-0.25, -0.2) is 9.97 Å². The second-order valence-corrected chi connectivity index (χ2v) is 4.24. The molecule has 0 radical (unpaired) electrons. The van der Waals surface area contributed by atoms with E-state index in [9.17, 15) is 0 Å². The zero-order valence-corrected chi connectivity index (χ0v) is 11.4. The second kappa shape index (κ2) is 8.69. The van der Waals surface area contributed by atoms with Gasteiger partial charge in [-0.3, -0.25) is 0 Å². The van der Waals surface area contributed by atoms with Gasteiger partial charge in [0.2, 0.25) is 0 Å². The number of aryl methyl sites for hydroxylation is 1. The molecule has 5 nitrogen and oxygen atoms in total. The number of rotatable bonds is 9. The summed E-state index contributed by atoms with van der Waals surface area (Å²) in [5.74, 6) is 2.14. The highest BCUT2D eigenvalue weighted by Gasteiger charge is 2.01. The molecule has 0 atom stereocenters. The van der Waals surface area contributed by atoms with Gasteiger partial charge in [-0.2, -0.15) is 0 Å². The van der Waals surface area contributed by atoms with Gasteiger partial charge in [-0.05, 0) is 19.3 Å². The average Bonchev–Trinajstić information content (AvgIpc) is 2.33. The van der Waals surface area contributed by atoms with Crippen LogP contribution in [0.3, 0.4) is 0 Å². The van der Waals surface area contributed by atoms with E-state index in [0.29, 0.717) is 5.82 Å². The summed E-state index contributed by atoms with van der Waals surface area (Å²) in [6.07, 6.45) is 3.91. The molecular weight excluding hydrogens is 228 g/mol. The third-order valence-electron chi connectivity index (χ3n) is 2.39. The molecule has 1 aromatic rings. The third-order valence-corrected chi connectivity index (χ3v) is 2.39. The molecule has 1 aromatic heterocycles. The Morgan fingerprint density at radius 3 is 2.78 bits per heavy atom. The highest BCUT2D eigenvalue weighted by atomic mass is 16.5. The van der Waals surface area contributed by atoms with E-state index < -0.39 is 0 Å². The number of hydrogen-bond acceptors (Lipinski definition) is 5. The first-order chi connectivity index (χ1) is 8.76. The highest BCUT2D eigenvalue weighted by Crippen LogP contribution is 2.09. The minimum Gasteiger partial charge on any atom is -0.384 e. The number of anilines is 2. The van der Waals surface area contributed by atoms with E-state index in [0.717, 1.165) is 57.1 Å². The first kappa shape index (κ1) is 14.7. The van der Waals surface area contributed by atoms with E-state index in [1.165, 1.54) is 0 Å². The summed E-state index contributed by atoms with van der Waals surface area (Å²) in [5.41, 5.74) is 5.74. The number of nitrogens with one attached hydrogen (secondary N) is 1. The van der Waals surface area contributed by atoms with Gasteiger partial charge in [0.1, 0.15) is 17.5 Å². The Hall–Kier alpha value is -1.36. The van der Waals surface area contributed by atoms with Crippen molar-refractivity contribution in [2.24, 2.45) is 0 Å². The molecule has 0 bridgehead atoms. The fraction of sp³-hybridized carbons (Fsp3) is 0.692. The standard InChI is InChI=1S/C13H24N4O/c1-3-6-12-16-11(14)10-13(17-12)15-7-5-9-18-8-4-2/h10H,3-9H2,1-2H3,(H3,14,15,16,17). The molecule has 1 heterocycles. The summed E-state index contributed by atoms with van der Waals surface area (Å²) in [4.78, 5) is 8.61. The van der Waals surface area contributed by atoms with Crippen molar-refractivity contribution >= 4 is 11.6 Å². The number of hydrogen-bond donors (Lipinski definition) is 2. The van der Waals surface area contributed by atoms with Gasteiger partial charge in [0, 0.05) is 32.2 Å². The lowest BCUT2D eigenvalue weighted by Gasteiger charge is -2.08. The molecule has 0 aromatic carbocycles. The molecule has 5 heteroatoms. The molecule has 3 N–H and O–H groups in total. The third kappa shape index (κ3) is 5.82. The number of nitrogens with zero attached hydrogens (tertiary/aromatic N) is 2. The molecule has 0 fully saturated rings. The number of ether oxygens (including phenoxy) is 1.